The Morgan fingerprint density at radius 3 is 2.47 bits per heavy atom. The van der Waals surface area contributed by atoms with Crippen LogP contribution in [0.2, 0.25) is 0 Å². The molecule has 32 heavy (non-hydrogen) atoms. The Morgan fingerprint density at radius 1 is 1.22 bits per heavy atom. The number of phenolic OH excluding ortho intramolecular Hbond substituents is 1. The van der Waals surface area contributed by atoms with E-state index < -0.39 is 41.8 Å². The van der Waals surface area contributed by atoms with Crippen molar-refractivity contribution in [3.63, 3.8) is 0 Å². The van der Waals surface area contributed by atoms with Gasteiger partial charge < -0.3 is 31.5 Å². The summed E-state index contributed by atoms with van der Waals surface area (Å²) in [4.78, 5) is 50.5. The lowest BCUT2D eigenvalue weighted by molar-refractivity contribution is -0.144. The lowest BCUT2D eigenvalue weighted by Gasteiger charge is -2.26. The first-order valence-electron chi connectivity index (χ1n) is 10.8. The lowest BCUT2D eigenvalue weighted by atomic mass is 9.99. The fourth-order valence-corrected chi connectivity index (χ4v) is 3.57. The summed E-state index contributed by atoms with van der Waals surface area (Å²) >= 11 is 0. The molecule has 1 aromatic carbocycles. The number of phenols is 1. The fraction of sp³-hybridized carbons (Fsp3) is 0.545. The number of nitrogens with one attached hydrogen (secondary N) is 2. The highest BCUT2D eigenvalue weighted by Crippen LogP contribution is 2.18. The molecule has 1 aliphatic heterocycles. The molecule has 0 aromatic heterocycles. The molecule has 6 N–H and O–H groups in total. The smallest absolute Gasteiger partial charge is 0.326 e. The van der Waals surface area contributed by atoms with E-state index in [1.165, 1.54) is 17.0 Å². The van der Waals surface area contributed by atoms with Crippen molar-refractivity contribution in [2.45, 2.75) is 57.7 Å². The number of hydrogen-bond donors (Lipinski definition) is 5. The molecule has 4 unspecified atom stereocenters. The lowest BCUT2D eigenvalue weighted by Crippen LogP contribution is -2.53. The second-order valence-electron chi connectivity index (χ2n) is 8.14. The number of amides is 3. The molecule has 2 rings (SSSR count). The van der Waals surface area contributed by atoms with Crippen molar-refractivity contribution in [3.8, 4) is 5.75 Å². The molecule has 1 saturated heterocycles. The highest BCUT2D eigenvalue weighted by Gasteiger charge is 2.36. The minimum absolute atomic E-state index is 0.0306. The van der Waals surface area contributed by atoms with E-state index in [0.29, 0.717) is 24.9 Å². The zero-order chi connectivity index (χ0) is 23.8. The number of nitrogens with zero attached hydrogens (tertiary/aromatic N) is 1. The van der Waals surface area contributed by atoms with Crippen molar-refractivity contribution in [2.75, 3.05) is 13.1 Å². The number of carboxylic acids is 1. The monoisotopic (exact) mass is 448 g/mol. The maximum absolute atomic E-state index is 12.8. The number of benzene rings is 1. The predicted octanol–water partition coefficient (Wildman–Crippen LogP) is -0.0153. The van der Waals surface area contributed by atoms with Crippen LogP contribution in [0.1, 0.15) is 38.7 Å². The Labute approximate surface area is 187 Å². The molecule has 0 radical (unpaired) electrons. The molecule has 1 aliphatic rings. The Hall–Kier alpha value is -3.14. The summed E-state index contributed by atoms with van der Waals surface area (Å²) in [5, 5.41) is 23.9. The summed E-state index contributed by atoms with van der Waals surface area (Å²) in [6.45, 7) is 3.84. The zero-order valence-corrected chi connectivity index (χ0v) is 18.4. The van der Waals surface area contributed by atoms with Crippen LogP contribution in [0, 0.1) is 5.92 Å². The van der Waals surface area contributed by atoms with E-state index in [1.807, 2.05) is 13.8 Å². The number of carboxylic acid groups (broad SMARTS) is 1. The molecule has 1 aromatic rings. The first-order chi connectivity index (χ1) is 15.1. The number of nitrogens with two attached hydrogens (primary N) is 1. The van der Waals surface area contributed by atoms with Crippen molar-refractivity contribution in [1.29, 1.82) is 0 Å². The normalized spacial score (nSPS) is 18.5. The van der Waals surface area contributed by atoms with Gasteiger partial charge in [0.05, 0.1) is 12.6 Å². The number of carbonyl (C=O) groups is 4. The van der Waals surface area contributed by atoms with E-state index in [2.05, 4.69) is 10.6 Å². The SMILES string of the molecule is CCC(C)C(N)C(=O)NCC(=O)N1CCCC1C(=O)NC(Cc1ccc(O)cc1)C(=O)O. The highest BCUT2D eigenvalue weighted by molar-refractivity contribution is 5.93. The van der Waals surface area contributed by atoms with E-state index >= 15 is 0 Å². The van der Waals surface area contributed by atoms with Gasteiger partial charge >= 0.3 is 5.97 Å². The molecule has 176 valence electrons. The summed E-state index contributed by atoms with van der Waals surface area (Å²) < 4.78 is 0. The van der Waals surface area contributed by atoms with Gasteiger partial charge in [0.1, 0.15) is 17.8 Å². The zero-order valence-electron chi connectivity index (χ0n) is 18.4. The molecule has 4 atom stereocenters. The average molecular weight is 449 g/mol. The minimum atomic E-state index is -1.20. The topological polar surface area (TPSA) is 162 Å². The second-order valence-corrected chi connectivity index (χ2v) is 8.14. The molecule has 1 heterocycles. The Bertz CT molecular complexity index is 828. The third kappa shape index (κ3) is 6.68. The maximum Gasteiger partial charge on any atom is 0.326 e. The molecule has 0 bridgehead atoms. The average Bonchev–Trinajstić information content (AvgIpc) is 3.27. The van der Waals surface area contributed by atoms with Gasteiger partial charge in [-0.3, -0.25) is 14.4 Å². The third-order valence-electron chi connectivity index (χ3n) is 5.84. The standard InChI is InChI=1S/C22H32N4O6/c1-3-13(2)19(23)21(30)24-12-18(28)26-10-4-5-17(26)20(29)25-16(22(31)32)11-14-6-8-15(27)9-7-14/h6-9,13,16-17,19,27H,3-5,10-12,23H2,1-2H3,(H,24,30)(H,25,29)(H,31,32). The van der Waals surface area contributed by atoms with E-state index in [1.54, 1.807) is 12.1 Å². The molecule has 10 heteroatoms. The molecular formula is C22H32N4O6. The van der Waals surface area contributed by atoms with Crippen LogP contribution in [0.5, 0.6) is 5.75 Å². The van der Waals surface area contributed by atoms with Crippen LogP contribution >= 0.6 is 0 Å². The predicted molar refractivity (Wildman–Crippen MR) is 117 cm³/mol. The van der Waals surface area contributed by atoms with Gasteiger partial charge in [-0.25, -0.2) is 4.79 Å². The van der Waals surface area contributed by atoms with Crippen LogP contribution in [0.4, 0.5) is 0 Å². The molecule has 10 nitrogen and oxygen atoms in total. The van der Waals surface area contributed by atoms with Crippen LogP contribution in [-0.4, -0.2) is 70.0 Å². The molecular weight excluding hydrogens is 416 g/mol. The quantitative estimate of drug-likeness (QED) is 0.336. The van der Waals surface area contributed by atoms with Crippen LogP contribution in [0.25, 0.3) is 0 Å². The number of likely N-dealkylation sites (tertiary alicyclic amines) is 1. The van der Waals surface area contributed by atoms with Crippen molar-refractivity contribution < 1.29 is 29.4 Å². The van der Waals surface area contributed by atoms with Gasteiger partial charge in [-0.15, -0.1) is 0 Å². The summed E-state index contributed by atoms with van der Waals surface area (Å²) in [6, 6.07) is 3.33. The minimum Gasteiger partial charge on any atom is -0.508 e. The van der Waals surface area contributed by atoms with E-state index in [9.17, 15) is 29.4 Å². The highest BCUT2D eigenvalue weighted by atomic mass is 16.4. The van der Waals surface area contributed by atoms with E-state index in [0.717, 1.165) is 6.42 Å². The Morgan fingerprint density at radius 2 is 1.88 bits per heavy atom. The van der Waals surface area contributed by atoms with E-state index in [-0.39, 0.29) is 24.6 Å². The molecule has 0 aliphatic carbocycles. The summed E-state index contributed by atoms with van der Waals surface area (Å²) in [5.74, 6) is -2.57. The van der Waals surface area contributed by atoms with Crippen molar-refractivity contribution in [1.82, 2.24) is 15.5 Å². The molecule has 3 amide bonds. The number of aliphatic carboxylic acids is 1. The summed E-state index contributed by atoms with van der Waals surface area (Å²) in [6.07, 6.45) is 1.76. The fourth-order valence-electron chi connectivity index (χ4n) is 3.57. The van der Waals surface area contributed by atoms with Crippen molar-refractivity contribution in [3.05, 3.63) is 29.8 Å². The maximum atomic E-state index is 12.8. The summed E-state index contributed by atoms with van der Waals surface area (Å²) in [7, 11) is 0. The van der Waals surface area contributed by atoms with Crippen LogP contribution in [-0.2, 0) is 25.6 Å². The first-order valence-corrected chi connectivity index (χ1v) is 10.8. The Kier molecular flexibility index (Phi) is 9.01. The van der Waals surface area contributed by atoms with Gasteiger partial charge in [-0.05, 0) is 36.5 Å². The second kappa shape index (κ2) is 11.5. The largest absolute Gasteiger partial charge is 0.508 e. The molecule has 1 fully saturated rings. The number of carbonyl (C=O) groups excluding carboxylic acids is 3. The van der Waals surface area contributed by atoms with Gasteiger partial charge in [0.25, 0.3) is 0 Å². The van der Waals surface area contributed by atoms with Gasteiger partial charge in [-0.1, -0.05) is 32.4 Å². The molecule has 0 saturated carbocycles. The number of aromatic hydroxyl groups is 1. The Balaban J connectivity index is 1.96. The molecule has 0 spiro atoms. The number of rotatable bonds is 10. The van der Waals surface area contributed by atoms with Gasteiger partial charge in [-0.2, -0.15) is 0 Å². The summed E-state index contributed by atoms with van der Waals surface area (Å²) in [5.41, 5.74) is 6.51. The number of hydrogen-bond acceptors (Lipinski definition) is 6. The van der Waals surface area contributed by atoms with Crippen LogP contribution < -0.4 is 16.4 Å². The van der Waals surface area contributed by atoms with Gasteiger partial charge in [0.2, 0.25) is 17.7 Å². The third-order valence-corrected chi connectivity index (χ3v) is 5.84. The van der Waals surface area contributed by atoms with E-state index in [4.69, 9.17) is 5.73 Å². The van der Waals surface area contributed by atoms with Gasteiger partial charge in [0, 0.05) is 13.0 Å². The first kappa shape index (κ1) is 25.1. The van der Waals surface area contributed by atoms with Crippen molar-refractivity contribution >= 4 is 23.7 Å². The van der Waals surface area contributed by atoms with Crippen LogP contribution in [0.3, 0.4) is 0 Å². The van der Waals surface area contributed by atoms with Crippen molar-refractivity contribution in [2.24, 2.45) is 11.7 Å². The van der Waals surface area contributed by atoms with Gasteiger partial charge in [0.15, 0.2) is 0 Å². The van der Waals surface area contributed by atoms with Crippen LogP contribution in [0.15, 0.2) is 24.3 Å².